The summed E-state index contributed by atoms with van der Waals surface area (Å²) in [7, 11) is 0. The van der Waals surface area contributed by atoms with Crippen LogP contribution in [0.2, 0.25) is 0 Å². The first-order valence-corrected chi connectivity index (χ1v) is 19.9. The second kappa shape index (κ2) is 15.4. The number of fused-ring (bicyclic) bond motifs is 2. The summed E-state index contributed by atoms with van der Waals surface area (Å²) in [5.41, 5.74) is 8.82. The molecule has 2 unspecified atom stereocenters. The van der Waals surface area contributed by atoms with E-state index in [1.807, 2.05) is 71.2 Å². The number of nitrogens with zero attached hydrogens (tertiary/aromatic N) is 2. The Balaban J connectivity index is 1.08. The van der Waals surface area contributed by atoms with Crippen molar-refractivity contribution in [3.63, 3.8) is 0 Å². The number of rotatable bonds is 12. The molecule has 2 aromatic carbocycles. The lowest BCUT2D eigenvalue weighted by atomic mass is 10.1. The number of anilines is 4. The van der Waals surface area contributed by atoms with Crippen LogP contribution in [0.15, 0.2) is 54.7 Å². The number of hydrogen-bond donors (Lipinski definition) is 4. The Morgan fingerprint density at radius 2 is 1.42 bits per heavy atom. The molecule has 0 spiro atoms. The fourth-order valence-corrected chi connectivity index (χ4v) is 8.89. The molecule has 0 radical (unpaired) electrons. The summed E-state index contributed by atoms with van der Waals surface area (Å²) in [4.78, 5) is 48.5. The van der Waals surface area contributed by atoms with Gasteiger partial charge < -0.3 is 10.6 Å². The van der Waals surface area contributed by atoms with Crippen LogP contribution in [0.5, 0.6) is 0 Å². The molecule has 268 valence electrons. The topological polar surface area (TPSA) is 127 Å². The summed E-state index contributed by atoms with van der Waals surface area (Å²) in [6, 6.07) is 13.4. The van der Waals surface area contributed by atoms with Crippen LogP contribution >= 0.6 is 67.9 Å². The molecular weight excluding hydrogens is 936 g/mol. The maximum Gasteiger partial charge on any atom is 0.278 e. The normalized spacial score (nSPS) is 15.2. The van der Waals surface area contributed by atoms with Crippen molar-refractivity contribution in [1.29, 1.82) is 0 Å². The lowest BCUT2D eigenvalue weighted by molar-refractivity contribution is 0.0267. The number of hydrogen-bond acceptors (Lipinski definition) is 10. The molecule has 4 aromatic heterocycles. The van der Waals surface area contributed by atoms with Gasteiger partial charge in [0.05, 0.1) is 35.7 Å². The van der Waals surface area contributed by atoms with Gasteiger partial charge in [-0.15, -0.1) is 0 Å². The predicted octanol–water partition coefficient (Wildman–Crippen LogP) is 9.64. The third-order valence-corrected chi connectivity index (χ3v) is 11.8. The summed E-state index contributed by atoms with van der Waals surface area (Å²) < 4.78 is 31.1. The molecule has 6 aromatic rings. The number of amides is 2. The molecule has 10 nitrogen and oxygen atoms in total. The standard InChI is InChI=1S/C36H30F2I2N6O4S2/c1-4-49-45-31(47)29-23-10-17(3)30(44-34(23)52-36(29)43-27-8-6-20(40)13-25(27)38)21-11-18(21)15-50-46-32(48)28-22-9-16(2)14-41-33(22)51-35(28)42-26-7-5-19(39)12-24(26)37/h5-10,12-14,18,21,42-43H,4,11,15H2,1-3H3,(H,45,47)(H,46,48). The second-order valence-corrected chi connectivity index (χ2v) is 16.7. The molecule has 1 aliphatic carbocycles. The fraction of sp³-hybridized carbons (Fsp3) is 0.222. The highest BCUT2D eigenvalue weighted by atomic mass is 127. The zero-order valence-corrected chi connectivity index (χ0v) is 33.8. The van der Waals surface area contributed by atoms with E-state index in [0.717, 1.165) is 30.4 Å². The maximum absolute atomic E-state index is 14.8. The summed E-state index contributed by atoms with van der Waals surface area (Å²) in [6.07, 6.45) is 2.51. The Bertz CT molecular complexity index is 2370. The number of pyridine rings is 2. The minimum Gasteiger partial charge on any atom is -0.344 e. The third-order valence-electron chi connectivity index (χ3n) is 8.45. The van der Waals surface area contributed by atoms with E-state index in [1.165, 1.54) is 34.8 Å². The van der Waals surface area contributed by atoms with Crippen molar-refractivity contribution in [2.75, 3.05) is 23.8 Å². The number of aromatic nitrogens is 2. The highest BCUT2D eigenvalue weighted by molar-refractivity contribution is 14.1. The zero-order valence-electron chi connectivity index (χ0n) is 27.8. The van der Waals surface area contributed by atoms with E-state index in [0.29, 0.717) is 41.6 Å². The number of hydroxylamine groups is 2. The average Bonchev–Trinajstić information content (AvgIpc) is 3.65. The Morgan fingerprint density at radius 3 is 2.02 bits per heavy atom. The Labute approximate surface area is 332 Å². The average molecular weight is 967 g/mol. The van der Waals surface area contributed by atoms with Crippen LogP contribution in [0.4, 0.5) is 30.2 Å². The summed E-state index contributed by atoms with van der Waals surface area (Å²) in [5.74, 6) is -1.65. The van der Waals surface area contributed by atoms with Gasteiger partial charge in [-0.2, -0.15) is 0 Å². The number of carbonyl (C=O) groups is 2. The van der Waals surface area contributed by atoms with Gasteiger partial charge in [0, 0.05) is 35.7 Å². The molecule has 0 saturated heterocycles. The Kier molecular flexibility index (Phi) is 10.9. The fourth-order valence-electron chi connectivity index (χ4n) is 5.87. The van der Waals surface area contributed by atoms with Crippen LogP contribution < -0.4 is 21.6 Å². The van der Waals surface area contributed by atoms with E-state index in [-0.39, 0.29) is 36.4 Å². The van der Waals surface area contributed by atoms with Crippen molar-refractivity contribution in [2.24, 2.45) is 5.92 Å². The molecule has 1 fully saturated rings. The highest BCUT2D eigenvalue weighted by Crippen LogP contribution is 2.49. The molecular formula is C36H30F2I2N6O4S2. The summed E-state index contributed by atoms with van der Waals surface area (Å²) in [6.45, 7) is 6.12. The Morgan fingerprint density at radius 1 is 0.846 bits per heavy atom. The van der Waals surface area contributed by atoms with Crippen LogP contribution in [-0.2, 0) is 9.68 Å². The van der Waals surface area contributed by atoms with Crippen LogP contribution in [0.3, 0.4) is 0 Å². The Hall–Kier alpha value is -3.56. The SMILES string of the molecule is CCONC(=O)c1c(Nc2ccc(I)cc2F)sc2nc(C3CC3CONC(=O)c3c(Nc4ccc(I)cc4F)sc4ncc(C)cc34)c(C)cc12. The molecule has 0 aliphatic heterocycles. The molecule has 16 heteroatoms. The minimum absolute atomic E-state index is 0.0732. The van der Waals surface area contributed by atoms with Gasteiger partial charge in [-0.3, -0.25) is 19.3 Å². The van der Waals surface area contributed by atoms with Gasteiger partial charge in [0.25, 0.3) is 11.8 Å². The largest absolute Gasteiger partial charge is 0.344 e. The number of aryl methyl sites for hydroxylation is 2. The number of carbonyl (C=O) groups excluding carboxylic acids is 2. The zero-order chi connectivity index (χ0) is 36.7. The molecule has 52 heavy (non-hydrogen) atoms. The number of benzene rings is 2. The second-order valence-electron chi connectivity index (χ2n) is 12.2. The van der Waals surface area contributed by atoms with Crippen LogP contribution in [0, 0.1) is 38.5 Å². The van der Waals surface area contributed by atoms with Crippen LogP contribution in [-0.4, -0.2) is 35.0 Å². The van der Waals surface area contributed by atoms with Gasteiger partial charge >= 0.3 is 0 Å². The molecule has 1 aliphatic rings. The number of nitrogens with one attached hydrogen (secondary N) is 4. The van der Waals surface area contributed by atoms with Crippen molar-refractivity contribution >= 4 is 121 Å². The molecule has 7 rings (SSSR count). The minimum atomic E-state index is -0.471. The molecule has 0 bridgehead atoms. The molecule has 1 saturated carbocycles. The maximum atomic E-state index is 14.8. The van der Waals surface area contributed by atoms with Gasteiger partial charge in [0.2, 0.25) is 0 Å². The predicted molar refractivity (Wildman–Crippen MR) is 217 cm³/mol. The van der Waals surface area contributed by atoms with Gasteiger partial charge in [-0.1, -0.05) is 22.7 Å². The first kappa shape index (κ1) is 36.8. The quantitative estimate of drug-likeness (QED) is 0.0706. The smallest absolute Gasteiger partial charge is 0.278 e. The molecule has 4 heterocycles. The summed E-state index contributed by atoms with van der Waals surface area (Å²) >= 11 is 6.60. The summed E-state index contributed by atoms with van der Waals surface area (Å²) in [5, 5.41) is 8.33. The van der Waals surface area contributed by atoms with Gasteiger partial charge in [0.1, 0.15) is 31.3 Å². The number of thiophene rings is 2. The first-order chi connectivity index (χ1) is 25.0. The van der Waals surface area contributed by atoms with E-state index < -0.39 is 23.4 Å². The van der Waals surface area contributed by atoms with E-state index in [9.17, 15) is 18.4 Å². The monoisotopic (exact) mass is 966 g/mol. The van der Waals surface area contributed by atoms with E-state index in [1.54, 1.807) is 37.4 Å². The molecule has 2 amide bonds. The van der Waals surface area contributed by atoms with Crippen molar-refractivity contribution in [1.82, 2.24) is 20.9 Å². The van der Waals surface area contributed by atoms with Crippen molar-refractivity contribution in [3.05, 3.63) is 101 Å². The van der Waals surface area contributed by atoms with E-state index in [4.69, 9.17) is 14.7 Å². The molecule has 4 N–H and O–H groups in total. The van der Waals surface area contributed by atoms with Crippen molar-refractivity contribution in [2.45, 2.75) is 33.1 Å². The molecule has 2 atom stereocenters. The van der Waals surface area contributed by atoms with Gasteiger partial charge in [-0.25, -0.2) is 29.7 Å². The number of halogens is 4. The van der Waals surface area contributed by atoms with Crippen LogP contribution in [0.1, 0.15) is 56.8 Å². The lowest BCUT2D eigenvalue weighted by Gasteiger charge is -2.10. The van der Waals surface area contributed by atoms with Crippen molar-refractivity contribution < 1.29 is 28.0 Å². The third kappa shape index (κ3) is 7.72. The highest BCUT2D eigenvalue weighted by Gasteiger charge is 2.41. The first-order valence-electron chi connectivity index (χ1n) is 16.1. The van der Waals surface area contributed by atoms with E-state index in [2.05, 4.69) is 26.6 Å². The van der Waals surface area contributed by atoms with Gasteiger partial charge in [0.15, 0.2) is 0 Å². The van der Waals surface area contributed by atoms with Crippen molar-refractivity contribution in [3.8, 4) is 0 Å². The lowest BCUT2D eigenvalue weighted by Crippen LogP contribution is -2.25. The van der Waals surface area contributed by atoms with Gasteiger partial charge in [-0.05, 0) is 138 Å². The van der Waals surface area contributed by atoms with Crippen LogP contribution in [0.25, 0.3) is 20.4 Å². The van der Waals surface area contributed by atoms with E-state index >= 15 is 0 Å².